The Labute approximate surface area is 160 Å². The SMILES string of the molecule is [B](C1CCCCCCCCCCCC1)C1CCCCCCCCCC1. The zero-order valence-electron chi connectivity index (χ0n) is 17.3. The number of rotatable bonds is 2. The summed E-state index contributed by atoms with van der Waals surface area (Å²) in [5.41, 5.74) is 0. The highest BCUT2D eigenvalue weighted by molar-refractivity contribution is 6.39. The second kappa shape index (κ2) is 15.2. The Morgan fingerprint density at radius 3 is 0.720 bits per heavy atom. The molecule has 2 aliphatic carbocycles. The monoisotopic (exact) mass is 345 g/mol. The molecule has 2 fully saturated rings. The van der Waals surface area contributed by atoms with E-state index in [2.05, 4.69) is 7.28 Å². The molecule has 2 saturated carbocycles. The van der Waals surface area contributed by atoms with Gasteiger partial charge < -0.3 is 0 Å². The average Bonchev–Trinajstić information content (AvgIpc) is 2.65. The fourth-order valence-corrected chi connectivity index (χ4v) is 5.16. The van der Waals surface area contributed by atoms with Crippen molar-refractivity contribution in [1.29, 1.82) is 0 Å². The zero-order valence-corrected chi connectivity index (χ0v) is 17.3. The van der Waals surface area contributed by atoms with Gasteiger partial charge in [0.15, 0.2) is 0 Å². The molecule has 0 nitrogen and oxygen atoms in total. The van der Waals surface area contributed by atoms with Crippen LogP contribution in [0.3, 0.4) is 0 Å². The first-order chi connectivity index (χ1) is 12.4. The largest absolute Gasteiger partial charge is 0.117 e. The van der Waals surface area contributed by atoms with Crippen LogP contribution in [0, 0.1) is 0 Å². The maximum absolute atomic E-state index is 2.87. The molecule has 0 N–H and O–H groups in total. The van der Waals surface area contributed by atoms with Gasteiger partial charge in [0, 0.05) is 0 Å². The summed E-state index contributed by atoms with van der Waals surface area (Å²) < 4.78 is 0. The first-order valence-electron chi connectivity index (χ1n) is 12.3. The van der Waals surface area contributed by atoms with Gasteiger partial charge in [0.25, 0.3) is 0 Å². The Balaban J connectivity index is 1.76. The lowest BCUT2D eigenvalue weighted by atomic mass is 9.50. The molecule has 1 radical (unpaired) electrons. The molecule has 0 amide bonds. The second-order valence-corrected chi connectivity index (χ2v) is 9.23. The van der Waals surface area contributed by atoms with Crippen LogP contribution >= 0.6 is 0 Å². The van der Waals surface area contributed by atoms with Gasteiger partial charge in [-0.1, -0.05) is 153 Å². The van der Waals surface area contributed by atoms with Gasteiger partial charge in [0.1, 0.15) is 7.28 Å². The predicted molar refractivity (Wildman–Crippen MR) is 115 cm³/mol. The van der Waals surface area contributed by atoms with Crippen LogP contribution in [0.5, 0.6) is 0 Å². The topological polar surface area (TPSA) is 0 Å². The standard InChI is InChI=1S/C24H46B/c1-2-4-8-12-16-20-23(19-15-11-7-3-1)25-24-21-17-13-9-5-6-10-14-18-22-24/h23-24H,1-22H2. The van der Waals surface area contributed by atoms with Crippen LogP contribution in [0.2, 0.25) is 11.6 Å². The van der Waals surface area contributed by atoms with Gasteiger partial charge in [-0.05, 0) is 0 Å². The summed E-state index contributed by atoms with van der Waals surface area (Å²) in [6.45, 7) is 0. The minimum absolute atomic E-state index is 0.941. The van der Waals surface area contributed by atoms with E-state index in [1.165, 1.54) is 141 Å². The predicted octanol–water partition coefficient (Wildman–Crippen LogP) is 8.88. The molecule has 0 saturated heterocycles. The molecule has 0 aromatic carbocycles. The summed E-state index contributed by atoms with van der Waals surface area (Å²) in [5.74, 6) is 1.88. The molecule has 0 heterocycles. The lowest BCUT2D eigenvalue weighted by molar-refractivity contribution is 0.536. The Morgan fingerprint density at radius 2 is 0.480 bits per heavy atom. The second-order valence-electron chi connectivity index (χ2n) is 9.23. The van der Waals surface area contributed by atoms with Gasteiger partial charge in [0.05, 0.1) is 0 Å². The van der Waals surface area contributed by atoms with Gasteiger partial charge >= 0.3 is 0 Å². The molecular weight excluding hydrogens is 299 g/mol. The summed E-state index contributed by atoms with van der Waals surface area (Å²) in [7, 11) is 2.87. The van der Waals surface area contributed by atoms with E-state index in [-0.39, 0.29) is 0 Å². The minimum atomic E-state index is 0.941. The van der Waals surface area contributed by atoms with Crippen molar-refractivity contribution in [2.24, 2.45) is 0 Å². The summed E-state index contributed by atoms with van der Waals surface area (Å²) in [5, 5.41) is 0. The summed E-state index contributed by atoms with van der Waals surface area (Å²) in [6.07, 6.45) is 32.9. The number of hydrogen-bond donors (Lipinski definition) is 0. The van der Waals surface area contributed by atoms with E-state index >= 15 is 0 Å². The van der Waals surface area contributed by atoms with E-state index in [0.29, 0.717) is 0 Å². The molecule has 0 aromatic heterocycles. The van der Waals surface area contributed by atoms with Gasteiger partial charge in [-0.2, -0.15) is 0 Å². The van der Waals surface area contributed by atoms with Crippen LogP contribution in [0.4, 0.5) is 0 Å². The van der Waals surface area contributed by atoms with E-state index < -0.39 is 0 Å². The molecular formula is C24H46B. The van der Waals surface area contributed by atoms with Gasteiger partial charge in [0.2, 0.25) is 0 Å². The van der Waals surface area contributed by atoms with Crippen LogP contribution in [0.1, 0.15) is 141 Å². The van der Waals surface area contributed by atoms with Gasteiger partial charge in [-0.25, -0.2) is 0 Å². The molecule has 0 bridgehead atoms. The Hall–Kier alpha value is 0.0649. The van der Waals surface area contributed by atoms with Crippen LogP contribution < -0.4 is 0 Å². The molecule has 145 valence electrons. The Bertz CT molecular complexity index is 262. The lowest BCUT2D eigenvalue weighted by Crippen LogP contribution is -2.12. The summed E-state index contributed by atoms with van der Waals surface area (Å²) in [6, 6.07) is 0. The summed E-state index contributed by atoms with van der Waals surface area (Å²) in [4.78, 5) is 0. The van der Waals surface area contributed by atoms with E-state index in [0.717, 1.165) is 11.6 Å². The molecule has 25 heavy (non-hydrogen) atoms. The first-order valence-corrected chi connectivity index (χ1v) is 12.3. The van der Waals surface area contributed by atoms with E-state index in [9.17, 15) is 0 Å². The maximum atomic E-state index is 2.87. The van der Waals surface area contributed by atoms with Crippen LogP contribution in [-0.2, 0) is 0 Å². The highest BCUT2D eigenvalue weighted by atomic mass is 14.1. The highest BCUT2D eigenvalue weighted by Gasteiger charge is 2.18. The van der Waals surface area contributed by atoms with E-state index in [4.69, 9.17) is 0 Å². The normalized spacial score (nSPS) is 25.8. The van der Waals surface area contributed by atoms with Crippen molar-refractivity contribution in [2.45, 2.75) is 153 Å². The molecule has 2 aliphatic rings. The highest BCUT2D eigenvalue weighted by Crippen LogP contribution is 2.32. The fourth-order valence-electron chi connectivity index (χ4n) is 5.16. The van der Waals surface area contributed by atoms with Gasteiger partial charge in [-0.3, -0.25) is 0 Å². The third-order valence-electron chi connectivity index (χ3n) is 6.84. The quantitative estimate of drug-likeness (QED) is 0.438. The van der Waals surface area contributed by atoms with Crippen LogP contribution in [0.25, 0.3) is 0 Å². The van der Waals surface area contributed by atoms with Crippen molar-refractivity contribution in [3.8, 4) is 0 Å². The van der Waals surface area contributed by atoms with Crippen molar-refractivity contribution >= 4 is 7.28 Å². The average molecular weight is 345 g/mol. The first kappa shape index (κ1) is 21.4. The molecule has 1 heteroatoms. The van der Waals surface area contributed by atoms with Crippen LogP contribution in [0.15, 0.2) is 0 Å². The third kappa shape index (κ3) is 11.4. The molecule has 0 atom stereocenters. The van der Waals surface area contributed by atoms with Crippen molar-refractivity contribution in [2.75, 3.05) is 0 Å². The van der Waals surface area contributed by atoms with Crippen molar-refractivity contribution in [3.63, 3.8) is 0 Å². The lowest BCUT2D eigenvalue weighted by Gasteiger charge is -2.23. The van der Waals surface area contributed by atoms with Crippen molar-refractivity contribution < 1.29 is 0 Å². The van der Waals surface area contributed by atoms with Crippen molar-refractivity contribution in [3.05, 3.63) is 0 Å². The fraction of sp³-hybridized carbons (Fsp3) is 1.00. The van der Waals surface area contributed by atoms with Gasteiger partial charge in [-0.15, -0.1) is 0 Å². The third-order valence-corrected chi connectivity index (χ3v) is 6.84. The summed E-state index contributed by atoms with van der Waals surface area (Å²) >= 11 is 0. The smallest absolute Gasteiger partial charge is 0.0686 e. The Kier molecular flexibility index (Phi) is 13.0. The molecule has 0 aromatic rings. The van der Waals surface area contributed by atoms with E-state index in [1.54, 1.807) is 0 Å². The van der Waals surface area contributed by atoms with Crippen molar-refractivity contribution in [1.82, 2.24) is 0 Å². The molecule has 0 spiro atoms. The zero-order chi connectivity index (χ0) is 17.4. The maximum Gasteiger partial charge on any atom is 0.117 e. The van der Waals surface area contributed by atoms with Crippen LogP contribution in [-0.4, -0.2) is 7.28 Å². The van der Waals surface area contributed by atoms with E-state index in [1.807, 2.05) is 0 Å². The number of hydrogen-bond acceptors (Lipinski definition) is 0. The minimum Gasteiger partial charge on any atom is -0.0686 e. The molecule has 0 unspecified atom stereocenters. The molecule has 2 rings (SSSR count). The Morgan fingerprint density at radius 1 is 0.280 bits per heavy atom. The molecule has 0 aliphatic heterocycles.